The van der Waals surface area contributed by atoms with Gasteiger partial charge in [-0.3, -0.25) is 0 Å². The number of hydrogen-bond acceptors (Lipinski definition) is 4. The summed E-state index contributed by atoms with van der Waals surface area (Å²) in [6.07, 6.45) is 1.70. The van der Waals surface area contributed by atoms with Crippen LogP contribution in [0.3, 0.4) is 0 Å². The van der Waals surface area contributed by atoms with Gasteiger partial charge in [0, 0.05) is 0 Å². The molecular formula is C9H19O4P. The zero-order valence-corrected chi connectivity index (χ0v) is 9.79. The molecule has 0 spiro atoms. The van der Waals surface area contributed by atoms with Gasteiger partial charge in [-0.05, 0) is 13.8 Å². The highest BCUT2D eigenvalue weighted by Gasteiger charge is 2.09. The molecule has 0 aromatic heterocycles. The summed E-state index contributed by atoms with van der Waals surface area (Å²) >= 11 is 0. The molecule has 5 heteroatoms. The Hall–Kier alpha value is 0.0100. The van der Waals surface area contributed by atoms with Crippen LogP contribution in [-0.2, 0) is 18.3 Å². The minimum Gasteiger partial charge on any atom is -0.375 e. The first-order chi connectivity index (χ1) is 6.85. The van der Waals surface area contributed by atoms with Crippen molar-refractivity contribution < 1.29 is 18.3 Å². The Morgan fingerprint density at radius 1 is 1.07 bits per heavy atom. The molecule has 0 aliphatic rings. The third kappa shape index (κ3) is 8.60. The molecule has 0 aromatic carbocycles. The van der Waals surface area contributed by atoms with Gasteiger partial charge in [-0.2, -0.15) is 0 Å². The van der Waals surface area contributed by atoms with Crippen LogP contribution in [0.5, 0.6) is 0 Å². The molecule has 0 aromatic rings. The van der Waals surface area contributed by atoms with Gasteiger partial charge in [0.05, 0.1) is 33.0 Å². The van der Waals surface area contributed by atoms with E-state index in [1.807, 2.05) is 13.8 Å². The SMILES string of the molecule is C=CCOCCOP(OCC)OCC. The summed E-state index contributed by atoms with van der Waals surface area (Å²) in [5.74, 6) is 0. The lowest BCUT2D eigenvalue weighted by atomic mass is 10.7. The summed E-state index contributed by atoms with van der Waals surface area (Å²) in [6.45, 7) is 10.1. The van der Waals surface area contributed by atoms with Crippen LogP contribution in [0.25, 0.3) is 0 Å². The van der Waals surface area contributed by atoms with Crippen molar-refractivity contribution in [2.75, 3.05) is 33.0 Å². The molecule has 0 amide bonds. The first-order valence-electron chi connectivity index (χ1n) is 4.72. The van der Waals surface area contributed by atoms with Crippen LogP contribution >= 0.6 is 8.60 Å². The van der Waals surface area contributed by atoms with Crippen LogP contribution in [0, 0.1) is 0 Å². The zero-order valence-electron chi connectivity index (χ0n) is 8.90. The van der Waals surface area contributed by atoms with Gasteiger partial charge in [0.25, 0.3) is 0 Å². The van der Waals surface area contributed by atoms with E-state index >= 15 is 0 Å². The standard InChI is InChI=1S/C9H19O4P/c1-4-7-10-8-9-13-14(11-5-2)12-6-3/h4H,1,5-9H2,2-3H3. The highest BCUT2D eigenvalue weighted by Crippen LogP contribution is 2.38. The molecule has 0 radical (unpaired) electrons. The van der Waals surface area contributed by atoms with Gasteiger partial charge >= 0.3 is 8.60 Å². The fourth-order valence-electron chi connectivity index (χ4n) is 0.660. The second-order valence-corrected chi connectivity index (χ2v) is 3.48. The van der Waals surface area contributed by atoms with Crippen LogP contribution in [0.15, 0.2) is 12.7 Å². The van der Waals surface area contributed by atoms with Crippen molar-refractivity contribution in [3.05, 3.63) is 12.7 Å². The topological polar surface area (TPSA) is 36.9 Å². The maximum Gasteiger partial charge on any atom is 0.332 e. The molecule has 84 valence electrons. The second-order valence-electron chi connectivity index (χ2n) is 2.26. The first kappa shape index (κ1) is 14.0. The molecular weight excluding hydrogens is 203 g/mol. The van der Waals surface area contributed by atoms with Crippen LogP contribution in [0.2, 0.25) is 0 Å². The van der Waals surface area contributed by atoms with Crippen molar-refractivity contribution >= 4 is 8.60 Å². The molecule has 4 nitrogen and oxygen atoms in total. The highest BCUT2D eigenvalue weighted by atomic mass is 31.2. The summed E-state index contributed by atoms with van der Waals surface area (Å²) in [7, 11) is -1.19. The van der Waals surface area contributed by atoms with E-state index in [1.165, 1.54) is 0 Å². The Kier molecular flexibility index (Phi) is 11.1. The molecule has 0 aliphatic carbocycles. The van der Waals surface area contributed by atoms with Crippen molar-refractivity contribution in [1.82, 2.24) is 0 Å². The third-order valence-electron chi connectivity index (χ3n) is 1.13. The molecule has 0 bridgehead atoms. The summed E-state index contributed by atoms with van der Waals surface area (Å²) in [5, 5.41) is 0. The van der Waals surface area contributed by atoms with Crippen molar-refractivity contribution in [3.63, 3.8) is 0 Å². The van der Waals surface area contributed by atoms with E-state index < -0.39 is 8.60 Å². The van der Waals surface area contributed by atoms with Crippen LogP contribution in [0.1, 0.15) is 13.8 Å². The summed E-state index contributed by atoms with van der Waals surface area (Å²) in [4.78, 5) is 0. The van der Waals surface area contributed by atoms with Crippen LogP contribution in [0.4, 0.5) is 0 Å². The van der Waals surface area contributed by atoms with E-state index in [-0.39, 0.29) is 0 Å². The predicted molar refractivity (Wildman–Crippen MR) is 57.1 cm³/mol. The summed E-state index contributed by atoms with van der Waals surface area (Å²) < 4.78 is 20.9. The average Bonchev–Trinajstić information content (AvgIpc) is 2.18. The van der Waals surface area contributed by atoms with Gasteiger partial charge in [-0.15, -0.1) is 6.58 Å². The van der Waals surface area contributed by atoms with E-state index in [1.54, 1.807) is 6.08 Å². The van der Waals surface area contributed by atoms with Gasteiger partial charge < -0.3 is 18.3 Å². The van der Waals surface area contributed by atoms with E-state index in [9.17, 15) is 0 Å². The molecule has 0 saturated carbocycles. The predicted octanol–water partition coefficient (Wildman–Crippen LogP) is 2.51. The van der Waals surface area contributed by atoms with E-state index in [0.717, 1.165) is 0 Å². The molecule has 0 unspecified atom stereocenters. The molecule has 0 rings (SSSR count). The summed E-state index contributed by atoms with van der Waals surface area (Å²) in [5.41, 5.74) is 0. The first-order valence-corrected chi connectivity index (χ1v) is 5.82. The molecule has 0 saturated heterocycles. The van der Waals surface area contributed by atoms with Crippen LogP contribution < -0.4 is 0 Å². The molecule has 0 atom stereocenters. The smallest absolute Gasteiger partial charge is 0.332 e. The highest BCUT2D eigenvalue weighted by molar-refractivity contribution is 7.41. The molecule has 0 fully saturated rings. The van der Waals surface area contributed by atoms with Crippen LogP contribution in [-0.4, -0.2) is 33.0 Å². The second kappa shape index (κ2) is 11.1. The lowest BCUT2D eigenvalue weighted by molar-refractivity contribution is 0.0995. The summed E-state index contributed by atoms with van der Waals surface area (Å²) in [6, 6.07) is 0. The number of hydrogen-bond donors (Lipinski definition) is 0. The van der Waals surface area contributed by atoms with E-state index in [0.29, 0.717) is 33.0 Å². The Balaban J connectivity index is 3.34. The molecule has 0 heterocycles. The van der Waals surface area contributed by atoms with Gasteiger partial charge in [-0.1, -0.05) is 6.08 Å². The fraction of sp³-hybridized carbons (Fsp3) is 0.778. The minimum absolute atomic E-state index is 0.486. The maximum atomic E-state index is 5.33. The van der Waals surface area contributed by atoms with Crippen molar-refractivity contribution in [2.24, 2.45) is 0 Å². The van der Waals surface area contributed by atoms with Crippen molar-refractivity contribution in [1.29, 1.82) is 0 Å². The van der Waals surface area contributed by atoms with Crippen molar-refractivity contribution in [3.8, 4) is 0 Å². The normalized spacial score (nSPS) is 10.8. The monoisotopic (exact) mass is 222 g/mol. The largest absolute Gasteiger partial charge is 0.375 e. The zero-order chi connectivity index (χ0) is 10.6. The fourth-order valence-corrected chi connectivity index (χ4v) is 1.53. The lowest BCUT2D eigenvalue weighted by Crippen LogP contribution is -2.04. The third-order valence-corrected chi connectivity index (χ3v) is 2.46. The minimum atomic E-state index is -1.19. The number of rotatable bonds is 10. The van der Waals surface area contributed by atoms with Gasteiger partial charge in [0.2, 0.25) is 0 Å². The van der Waals surface area contributed by atoms with Crippen molar-refractivity contribution in [2.45, 2.75) is 13.8 Å². The van der Waals surface area contributed by atoms with Gasteiger partial charge in [-0.25, -0.2) is 0 Å². The Morgan fingerprint density at radius 3 is 2.21 bits per heavy atom. The lowest BCUT2D eigenvalue weighted by Gasteiger charge is -2.14. The molecule has 0 N–H and O–H groups in total. The Bertz CT molecular complexity index is 126. The van der Waals surface area contributed by atoms with Gasteiger partial charge in [0.15, 0.2) is 0 Å². The molecule has 0 aliphatic heterocycles. The maximum absolute atomic E-state index is 5.33. The van der Waals surface area contributed by atoms with E-state index in [4.69, 9.17) is 18.3 Å². The number of ether oxygens (including phenoxy) is 1. The Morgan fingerprint density at radius 2 is 1.71 bits per heavy atom. The van der Waals surface area contributed by atoms with E-state index in [2.05, 4.69) is 6.58 Å². The quantitative estimate of drug-likeness (QED) is 0.323. The average molecular weight is 222 g/mol. The Labute approximate surface area is 87.2 Å². The molecule has 14 heavy (non-hydrogen) atoms. The van der Waals surface area contributed by atoms with Gasteiger partial charge in [0.1, 0.15) is 0 Å².